The van der Waals surface area contributed by atoms with Crippen molar-refractivity contribution in [2.24, 2.45) is 0 Å². The predicted octanol–water partition coefficient (Wildman–Crippen LogP) is 4.39. The number of hydrogen-bond donors (Lipinski definition) is 2. The van der Waals surface area contributed by atoms with E-state index >= 15 is 0 Å². The minimum atomic E-state index is -1.19. The molecule has 0 unspecified atom stereocenters. The Kier molecular flexibility index (Phi) is 5.20. The van der Waals surface area contributed by atoms with Crippen LogP contribution in [-0.2, 0) is 15.1 Å². The lowest BCUT2D eigenvalue weighted by molar-refractivity contribution is -0.134. The molecule has 1 saturated heterocycles. The van der Waals surface area contributed by atoms with Gasteiger partial charge in [0.2, 0.25) is 5.91 Å². The number of amides is 4. The number of carbonyl (C=O) groups is 3. The maximum absolute atomic E-state index is 13.3. The van der Waals surface area contributed by atoms with Gasteiger partial charge in [0.15, 0.2) is 0 Å². The van der Waals surface area contributed by atoms with Crippen molar-refractivity contribution < 1.29 is 23.5 Å². The Bertz CT molecular complexity index is 1430. The van der Waals surface area contributed by atoms with Crippen LogP contribution in [0.5, 0.6) is 5.75 Å². The lowest BCUT2D eigenvalue weighted by atomic mass is 9.87. The van der Waals surface area contributed by atoms with Gasteiger partial charge in [-0.05, 0) is 24.1 Å². The average Bonchev–Trinajstić information content (AvgIpc) is 3.33. The standard InChI is InChI=1S/C26H23N3O5/c1-3-26(16-9-5-4-6-10-16)24(31)29(25(32)28-26)15-23(30)27-19-14-21-18(13-22(19)33-2)17-11-7-8-12-20(17)34-21/h4-14H,3,15H2,1-2H3,(H,27,30)(H,28,32)/t26-/m1/s1. The van der Waals surface area contributed by atoms with Gasteiger partial charge >= 0.3 is 6.03 Å². The van der Waals surface area contributed by atoms with Crippen LogP contribution in [0.2, 0.25) is 0 Å². The molecule has 1 aliphatic heterocycles. The number of methoxy groups -OCH3 is 1. The number of anilines is 1. The van der Waals surface area contributed by atoms with Crippen LogP contribution in [0.3, 0.4) is 0 Å². The second-order valence-corrected chi connectivity index (χ2v) is 8.14. The topological polar surface area (TPSA) is 101 Å². The zero-order valence-electron chi connectivity index (χ0n) is 18.8. The summed E-state index contributed by atoms with van der Waals surface area (Å²) in [6, 6.07) is 19.5. The second-order valence-electron chi connectivity index (χ2n) is 8.14. The first-order valence-electron chi connectivity index (χ1n) is 11.0. The predicted molar refractivity (Wildman–Crippen MR) is 128 cm³/mol. The molecule has 1 atom stereocenters. The third-order valence-corrected chi connectivity index (χ3v) is 6.25. The van der Waals surface area contributed by atoms with E-state index in [2.05, 4.69) is 10.6 Å². The number of carbonyl (C=O) groups excluding carboxylic acids is 3. The Morgan fingerprint density at radius 2 is 1.76 bits per heavy atom. The van der Waals surface area contributed by atoms with Crippen LogP contribution in [0.1, 0.15) is 18.9 Å². The maximum atomic E-state index is 13.3. The first kappa shape index (κ1) is 21.5. The van der Waals surface area contributed by atoms with Gasteiger partial charge < -0.3 is 19.8 Å². The Morgan fingerprint density at radius 3 is 2.50 bits per heavy atom. The molecule has 34 heavy (non-hydrogen) atoms. The number of fused-ring (bicyclic) bond motifs is 3. The molecule has 3 aromatic carbocycles. The minimum Gasteiger partial charge on any atom is -0.495 e. The quantitative estimate of drug-likeness (QED) is 0.418. The summed E-state index contributed by atoms with van der Waals surface area (Å²) < 4.78 is 11.4. The molecule has 5 rings (SSSR count). The third-order valence-electron chi connectivity index (χ3n) is 6.25. The first-order chi connectivity index (χ1) is 16.5. The molecule has 2 N–H and O–H groups in total. The molecule has 0 saturated carbocycles. The fourth-order valence-corrected chi connectivity index (χ4v) is 4.48. The highest BCUT2D eigenvalue weighted by molar-refractivity contribution is 6.11. The number of hydrogen-bond acceptors (Lipinski definition) is 5. The van der Waals surface area contributed by atoms with Crippen molar-refractivity contribution in [2.45, 2.75) is 18.9 Å². The number of imide groups is 1. The Morgan fingerprint density at radius 1 is 1.03 bits per heavy atom. The second kappa shape index (κ2) is 8.22. The van der Waals surface area contributed by atoms with Gasteiger partial charge in [-0.2, -0.15) is 0 Å². The summed E-state index contributed by atoms with van der Waals surface area (Å²) in [6.45, 7) is 1.39. The van der Waals surface area contributed by atoms with Crippen LogP contribution in [0, 0.1) is 0 Å². The fourth-order valence-electron chi connectivity index (χ4n) is 4.48. The zero-order chi connectivity index (χ0) is 23.9. The number of rotatable bonds is 6. The van der Waals surface area contributed by atoms with Gasteiger partial charge in [-0.25, -0.2) is 4.79 Å². The van der Waals surface area contributed by atoms with E-state index < -0.39 is 29.9 Å². The summed E-state index contributed by atoms with van der Waals surface area (Å²) >= 11 is 0. The number of nitrogens with one attached hydrogen (secondary N) is 2. The van der Waals surface area contributed by atoms with Crippen molar-refractivity contribution in [2.75, 3.05) is 19.0 Å². The number of para-hydroxylation sites is 1. The fraction of sp³-hybridized carbons (Fsp3) is 0.192. The molecule has 2 heterocycles. The highest BCUT2D eigenvalue weighted by Crippen LogP contribution is 2.37. The number of furan rings is 1. The Hall–Kier alpha value is -4.33. The Labute approximate surface area is 195 Å². The lowest BCUT2D eigenvalue weighted by Crippen LogP contribution is -2.44. The monoisotopic (exact) mass is 457 g/mol. The third kappa shape index (κ3) is 3.35. The van der Waals surface area contributed by atoms with Gasteiger partial charge in [0.1, 0.15) is 29.0 Å². The van der Waals surface area contributed by atoms with Crippen molar-refractivity contribution in [3.63, 3.8) is 0 Å². The van der Waals surface area contributed by atoms with E-state index in [0.29, 0.717) is 29.0 Å². The molecule has 0 aliphatic carbocycles. The lowest BCUT2D eigenvalue weighted by Gasteiger charge is -2.25. The smallest absolute Gasteiger partial charge is 0.325 e. The number of ether oxygens (including phenoxy) is 1. The van der Waals surface area contributed by atoms with E-state index in [4.69, 9.17) is 9.15 Å². The van der Waals surface area contributed by atoms with E-state index in [1.807, 2.05) is 49.4 Å². The first-order valence-corrected chi connectivity index (χ1v) is 11.0. The SMILES string of the molecule is CC[C@]1(c2ccccc2)NC(=O)N(CC(=O)Nc2cc3oc4ccccc4c3cc2OC)C1=O. The van der Waals surface area contributed by atoms with Gasteiger partial charge in [0, 0.05) is 16.8 Å². The van der Waals surface area contributed by atoms with Crippen molar-refractivity contribution in [3.05, 3.63) is 72.3 Å². The highest BCUT2D eigenvalue weighted by Gasteiger charge is 2.51. The molecule has 8 nitrogen and oxygen atoms in total. The molecule has 1 fully saturated rings. The van der Waals surface area contributed by atoms with Gasteiger partial charge in [0.05, 0.1) is 12.8 Å². The number of nitrogens with zero attached hydrogens (tertiary/aromatic N) is 1. The summed E-state index contributed by atoms with van der Waals surface area (Å²) in [6.07, 6.45) is 0.357. The molecular formula is C26H23N3O5. The van der Waals surface area contributed by atoms with Crippen molar-refractivity contribution >= 4 is 45.5 Å². The van der Waals surface area contributed by atoms with Gasteiger partial charge in [0.25, 0.3) is 5.91 Å². The van der Waals surface area contributed by atoms with Crippen LogP contribution in [0.4, 0.5) is 10.5 Å². The molecule has 0 bridgehead atoms. The Balaban J connectivity index is 1.40. The van der Waals surface area contributed by atoms with Crippen molar-refractivity contribution in [3.8, 4) is 5.75 Å². The minimum absolute atomic E-state index is 0.357. The summed E-state index contributed by atoms with van der Waals surface area (Å²) in [5, 5.41) is 7.33. The molecule has 172 valence electrons. The summed E-state index contributed by atoms with van der Waals surface area (Å²) in [4.78, 5) is 39.8. The molecular weight excluding hydrogens is 434 g/mol. The molecule has 1 aliphatic rings. The van der Waals surface area contributed by atoms with Crippen molar-refractivity contribution in [1.82, 2.24) is 10.2 Å². The average molecular weight is 457 g/mol. The number of benzene rings is 3. The molecule has 0 spiro atoms. The van der Waals surface area contributed by atoms with E-state index in [0.717, 1.165) is 21.3 Å². The van der Waals surface area contributed by atoms with Crippen LogP contribution >= 0.6 is 0 Å². The molecule has 0 radical (unpaired) electrons. The summed E-state index contributed by atoms with van der Waals surface area (Å²) in [7, 11) is 1.51. The van der Waals surface area contributed by atoms with Crippen LogP contribution in [0.25, 0.3) is 21.9 Å². The number of urea groups is 1. The van der Waals surface area contributed by atoms with Crippen LogP contribution in [0.15, 0.2) is 71.1 Å². The molecule has 4 amide bonds. The largest absolute Gasteiger partial charge is 0.495 e. The zero-order valence-corrected chi connectivity index (χ0v) is 18.8. The van der Waals surface area contributed by atoms with E-state index in [1.165, 1.54) is 7.11 Å². The molecule has 8 heteroatoms. The van der Waals surface area contributed by atoms with Crippen molar-refractivity contribution in [1.29, 1.82) is 0 Å². The van der Waals surface area contributed by atoms with E-state index in [-0.39, 0.29) is 0 Å². The molecule has 4 aromatic rings. The normalized spacial score (nSPS) is 17.9. The van der Waals surface area contributed by atoms with E-state index in [9.17, 15) is 14.4 Å². The van der Waals surface area contributed by atoms with Gasteiger partial charge in [-0.15, -0.1) is 0 Å². The highest BCUT2D eigenvalue weighted by atomic mass is 16.5. The molecule has 1 aromatic heterocycles. The van der Waals surface area contributed by atoms with Gasteiger partial charge in [-0.3, -0.25) is 14.5 Å². The van der Waals surface area contributed by atoms with Crippen LogP contribution < -0.4 is 15.4 Å². The maximum Gasteiger partial charge on any atom is 0.325 e. The van der Waals surface area contributed by atoms with Crippen LogP contribution in [-0.4, -0.2) is 36.4 Å². The summed E-state index contributed by atoms with van der Waals surface area (Å²) in [5.74, 6) is -0.546. The van der Waals surface area contributed by atoms with Gasteiger partial charge in [-0.1, -0.05) is 55.5 Å². The van der Waals surface area contributed by atoms with E-state index in [1.54, 1.807) is 24.3 Å². The summed E-state index contributed by atoms with van der Waals surface area (Å²) in [5.41, 5.74) is 1.18.